The molecular formula is C20H22O3. The average Bonchev–Trinajstić information content (AvgIpc) is 2.59. The van der Waals surface area contributed by atoms with E-state index in [9.17, 15) is 4.79 Å². The Balaban J connectivity index is 2.18. The number of allylic oxidation sites excluding steroid dienone is 1. The Bertz CT molecular complexity index is 697. The van der Waals surface area contributed by atoms with Crippen molar-refractivity contribution in [3.05, 3.63) is 65.2 Å². The molecule has 23 heavy (non-hydrogen) atoms. The van der Waals surface area contributed by atoms with Crippen molar-refractivity contribution >= 4 is 11.9 Å². The van der Waals surface area contributed by atoms with E-state index in [2.05, 4.69) is 19.9 Å². The van der Waals surface area contributed by atoms with Crippen molar-refractivity contribution in [1.82, 2.24) is 0 Å². The number of ketones is 1. The Labute approximate surface area is 137 Å². The molecule has 0 bridgehead atoms. The topological polar surface area (TPSA) is 35.5 Å². The molecule has 2 rings (SSSR count). The van der Waals surface area contributed by atoms with E-state index in [1.807, 2.05) is 18.2 Å². The van der Waals surface area contributed by atoms with Gasteiger partial charge in [-0.15, -0.1) is 0 Å². The van der Waals surface area contributed by atoms with Gasteiger partial charge in [-0.05, 0) is 59.5 Å². The number of rotatable bonds is 6. The second-order valence-electron chi connectivity index (χ2n) is 5.58. The van der Waals surface area contributed by atoms with Gasteiger partial charge in [0, 0.05) is 5.56 Å². The van der Waals surface area contributed by atoms with E-state index in [0.29, 0.717) is 11.5 Å². The zero-order valence-corrected chi connectivity index (χ0v) is 14.0. The van der Waals surface area contributed by atoms with Crippen molar-refractivity contribution in [3.63, 3.8) is 0 Å². The zero-order chi connectivity index (χ0) is 16.8. The lowest BCUT2D eigenvalue weighted by Crippen LogP contribution is -1.96. The zero-order valence-electron chi connectivity index (χ0n) is 14.0. The van der Waals surface area contributed by atoms with Crippen molar-refractivity contribution in [3.8, 4) is 11.5 Å². The maximum atomic E-state index is 12.2. The van der Waals surface area contributed by atoms with E-state index in [-0.39, 0.29) is 5.78 Å². The molecule has 0 spiro atoms. The molecule has 3 heteroatoms. The highest BCUT2D eigenvalue weighted by atomic mass is 16.5. The molecule has 3 nitrogen and oxygen atoms in total. The Kier molecular flexibility index (Phi) is 5.58. The Morgan fingerprint density at radius 3 is 2.26 bits per heavy atom. The lowest BCUT2D eigenvalue weighted by atomic mass is 9.99. The third-order valence-electron chi connectivity index (χ3n) is 3.68. The molecule has 2 aromatic carbocycles. The third-order valence-corrected chi connectivity index (χ3v) is 3.68. The van der Waals surface area contributed by atoms with Crippen molar-refractivity contribution in [2.75, 3.05) is 14.2 Å². The minimum Gasteiger partial charge on any atom is -0.497 e. The van der Waals surface area contributed by atoms with E-state index in [0.717, 1.165) is 22.6 Å². The smallest absolute Gasteiger partial charge is 0.185 e. The van der Waals surface area contributed by atoms with Gasteiger partial charge >= 0.3 is 0 Å². The van der Waals surface area contributed by atoms with Crippen LogP contribution in [0.25, 0.3) is 6.08 Å². The predicted molar refractivity (Wildman–Crippen MR) is 93.4 cm³/mol. The molecule has 0 aliphatic carbocycles. The SMILES string of the molecule is COc1ccc(C(=O)/C=C/c2ccc(OC)c(C(C)C)c2)cc1. The first-order chi connectivity index (χ1) is 11.0. The van der Waals surface area contributed by atoms with Crippen LogP contribution in [0.1, 0.15) is 41.3 Å². The highest BCUT2D eigenvalue weighted by molar-refractivity contribution is 6.06. The first kappa shape index (κ1) is 16.8. The molecule has 0 amide bonds. The molecule has 2 aromatic rings. The van der Waals surface area contributed by atoms with Gasteiger partial charge < -0.3 is 9.47 Å². The van der Waals surface area contributed by atoms with Gasteiger partial charge in [-0.25, -0.2) is 0 Å². The van der Waals surface area contributed by atoms with Crippen LogP contribution in [0.3, 0.4) is 0 Å². The lowest BCUT2D eigenvalue weighted by Gasteiger charge is -2.12. The third kappa shape index (κ3) is 4.22. The van der Waals surface area contributed by atoms with Crippen LogP contribution in [-0.2, 0) is 0 Å². The van der Waals surface area contributed by atoms with E-state index in [1.54, 1.807) is 44.6 Å². The molecular weight excluding hydrogens is 288 g/mol. The first-order valence-electron chi connectivity index (χ1n) is 7.59. The van der Waals surface area contributed by atoms with Gasteiger partial charge in [-0.1, -0.05) is 26.0 Å². The van der Waals surface area contributed by atoms with Gasteiger partial charge in [0.1, 0.15) is 11.5 Å². The normalized spacial score (nSPS) is 11.0. The summed E-state index contributed by atoms with van der Waals surface area (Å²) in [6, 6.07) is 13.0. The van der Waals surface area contributed by atoms with Crippen LogP contribution in [0.2, 0.25) is 0 Å². The van der Waals surface area contributed by atoms with E-state index in [1.165, 1.54) is 0 Å². The highest BCUT2D eigenvalue weighted by Gasteiger charge is 2.08. The number of hydrogen-bond donors (Lipinski definition) is 0. The quantitative estimate of drug-likeness (QED) is 0.572. The van der Waals surface area contributed by atoms with Crippen LogP contribution in [-0.4, -0.2) is 20.0 Å². The molecule has 0 atom stereocenters. The first-order valence-corrected chi connectivity index (χ1v) is 7.59. The maximum absolute atomic E-state index is 12.2. The van der Waals surface area contributed by atoms with E-state index < -0.39 is 0 Å². The lowest BCUT2D eigenvalue weighted by molar-refractivity contribution is 0.104. The molecule has 0 radical (unpaired) electrons. The second-order valence-corrected chi connectivity index (χ2v) is 5.58. The van der Waals surface area contributed by atoms with Gasteiger partial charge in [0.2, 0.25) is 0 Å². The average molecular weight is 310 g/mol. The van der Waals surface area contributed by atoms with Crippen molar-refractivity contribution in [1.29, 1.82) is 0 Å². The number of carbonyl (C=O) groups excluding carboxylic acids is 1. The van der Waals surface area contributed by atoms with E-state index >= 15 is 0 Å². The number of methoxy groups -OCH3 is 2. The van der Waals surface area contributed by atoms with Crippen molar-refractivity contribution in [2.45, 2.75) is 19.8 Å². The molecule has 0 unspecified atom stereocenters. The summed E-state index contributed by atoms with van der Waals surface area (Å²) in [5.74, 6) is 1.94. The molecule has 0 saturated carbocycles. The Hall–Kier alpha value is -2.55. The fourth-order valence-corrected chi connectivity index (χ4v) is 2.33. The summed E-state index contributed by atoms with van der Waals surface area (Å²) in [5, 5.41) is 0. The fraction of sp³-hybridized carbons (Fsp3) is 0.250. The van der Waals surface area contributed by atoms with Gasteiger partial charge in [-0.3, -0.25) is 4.79 Å². The molecule has 0 aromatic heterocycles. The number of carbonyl (C=O) groups is 1. The summed E-state index contributed by atoms with van der Waals surface area (Å²) in [5.41, 5.74) is 2.75. The summed E-state index contributed by atoms with van der Waals surface area (Å²) < 4.78 is 10.5. The largest absolute Gasteiger partial charge is 0.497 e. The molecule has 0 aliphatic rings. The van der Waals surface area contributed by atoms with Crippen LogP contribution >= 0.6 is 0 Å². The number of benzene rings is 2. The van der Waals surface area contributed by atoms with Gasteiger partial charge in [-0.2, -0.15) is 0 Å². The monoisotopic (exact) mass is 310 g/mol. The molecule has 0 aliphatic heterocycles. The summed E-state index contributed by atoms with van der Waals surface area (Å²) in [6.45, 7) is 4.24. The minimum atomic E-state index is -0.0328. The van der Waals surface area contributed by atoms with Crippen molar-refractivity contribution < 1.29 is 14.3 Å². The van der Waals surface area contributed by atoms with E-state index in [4.69, 9.17) is 9.47 Å². The van der Waals surface area contributed by atoms with Gasteiger partial charge in [0.05, 0.1) is 14.2 Å². The summed E-state index contributed by atoms with van der Waals surface area (Å²) in [7, 11) is 3.27. The Morgan fingerprint density at radius 1 is 1.00 bits per heavy atom. The van der Waals surface area contributed by atoms with Crippen LogP contribution in [0.15, 0.2) is 48.5 Å². The summed E-state index contributed by atoms with van der Waals surface area (Å²) >= 11 is 0. The molecule has 0 N–H and O–H groups in total. The van der Waals surface area contributed by atoms with Crippen molar-refractivity contribution in [2.24, 2.45) is 0 Å². The second kappa shape index (κ2) is 7.63. The highest BCUT2D eigenvalue weighted by Crippen LogP contribution is 2.27. The van der Waals surface area contributed by atoms with Gasteiger partial charge in [0.25, 0.3) is 0 Å². The van der Waals surface area contributed by atoms with Crippen LogP contribution < -0.4 is 9.47 Å². The summed E-state index contributed by atoms with van der Waals surface area (Å²) in [6.07, 6.45) is 3.42. The minimum absolute atomic E-state index is 0.0328. The van der Waals surface area contributed by atoms with Crippen LogP contribution in [0, 0.1) is 0 Å². The summed E-state index contributed by atoms with van der Waals surface area (Å²) in [4.78, 5) is 12.2. The fourth-order valence-electron chi connectivity index (χ4n) is 2.33. The standard InChI is InChI=1S/C20H22O3/c1-14(2)18-13-15(6-12-20(18)23-4)5-11-19(21)16-7-9-17(22-3)10-8-16/h5-14H,1-4H3/b11-5+. The molecule has 0 heterocycles. The number of ether oxygens (including phenoxy) is 2. The Morgan fingerprint density at radius 2 is 1.70 bits per heavy atom. The van der Waals surface area contributed by atoms with Crippen LogP contribution in [0.4, 0.5) is 0 Å². The molecule has 120 valence electrons. The number of hydrogen-bond acceptors (Lipinski definition) is 3. The molecule has 0 saturated heterocycles. The molecule has 0 fully saturated rings. The van der Waals surface area contributed by atoms with Gasteiger partial charge in [0.15, 0.2) is 5.78 Å². The predicted octanol–water partition coefficient (Wildman–Crippen LogP) is 4.72. The maximum Gasteiger partial charge on any atom is 0.185 e. The van der Waals surface area contributed by atoms with Crippen LogP contribution in [0.5, 0.6) is 11.5 Å².